The Morgan fingerprint density at radius 2 is 1.56 bits per heavy atom. The summed E-state index contributed by atoms with van der Waals surface area (Å²) in [6, 6.07) is 1.63. The molecule has 5 heteroatoms. The summed E-state index contributed by atoms with van der Waals surface area (Å²) in [5.74, 6) is -4.77. The highest BCUT2D eigenvalue weighted by molar-refractivity contribution is 5.23. The van der Waals surface area contributed by atoms with Crippen molar-refractivity contribution in [1.82, 2.24) is 0 Å². The van der Waals surface area contributed by atoms with E-state index in [2.05, 4.69) is 0 Å². The van der Waals surface area contributed by atoms with E-state index >= 15 is 0 Å². The van der Waals surface area contributed by atoms with E-state index in [1.54, 1.807) is 13.8 Å². The van der Waals surface area contributed by atoms with Crippen molar-refractivity contribution in [2.75, 3.05) is 0 Å². The van der Waals surface area contributed by atoms with E-state index in [1.807, 2.05) is 0 Å². The minimum absolute atomic E-state index is 0.331. The Morgan fingerprint density at radius 1 is 1.00 bits per heavy atom. The van der Waals surface area contributed by atoms with E-state index in [1.165, 1.54) is 0 Å². The lowest BCUT2D eigenvalue weighted by atomic mass is 9.96. The fourth-order valence-corrected chi connectivity index (χ4v) is 1.32. The molecule has 2 nitrogen and oxygen atoms in total. The Labute approximate surface area is 91.3 Å². The molecule has 0 heterocycles. The molecule has 0 saturated carbocycles. The van der Waals surface area contributed by atoms with Crippen LogP contribution < -0.4 is 0 Å². The van der Waals surface area contributed by atoms with Crippen LogP contribution in [0.1, 0.15) is 25.5 Å². The SMILES string of the molecule is CC(C)C(O)C(O)c1ccc(F)c(F)c1F. The van der Waals surface area contributed by atoms with Gasteiger partial charge in [0.15, 0.2) is 17.5 Å². The van der Waals surface area contributed by atoms with E-state index in [-0.39, 0.29) is 5.92 Å². The van der Waals surface area contributed by atoms with Crippen molar-refractivity contribution in [3.8, 4) is 0 Å². The molecule has 0 radical (unpaired) electrons. The van der Waals surface area contributed by atoms with Crippen LogP contribution in [0.2, 0.25) is 0 Å². The smallest absolute Gasteiger partial charge is 0.194 e. The van der Waals surface area contributed by atoms with Gasteiger partial charge in [-0.15, -0.1) is 0 Å². The first-order valence-corrected chi connectivity index (χ1v) is 4.85. The monoisotopic (exact) mass is 234 g/mol. The first-order chi connectivity index (χ1) is 7.36. The molecular weight excluding hydrogens is 221 g/mol. The van der Waals surface area contributed by atoms with Gasteiger partial charge in [-0.25, -0.2) is 13.2 Å². The van der Waals surface area contributed by atoms with Crippen molar-refractivity contribution in [1.29, 1.82) is 0 Å². The normalized spacial score (nSPS) is 15.2. The van der Waals surface area contributed by atoms with Gasteiger partial charge in [0.05, 0.1) is 6.10 Å². The summed E-state index contributed by atoms with van der Waals surface area (Å²) in [5.41, 5.74) is -0.444. The standard InChI is InChI=1S/C11H13F3O2/c1-5(2)10(15)11(16)6-3-4-7(12)9(14)8(6)13/h3-5,10-11,15-16H,1-2H3. The average molecular weight is 234 g/mol. The van der Waals surface area contributed by atoms with Crippen molar-refractivity contribution < 1.29 is 23.4 Å². The van der Waals surface area contributed by atoms with Crippen LogP contribution in [0, 0.1) is 23.4 Å². The minimum Gasteiger partial charge on any atom is -0.390 e. The minimum atomic E-state index is -1.65. The van der Waals surface area contributed by atoms with Gasteiger partial charge in [0.1, 0.15) is 6.10 Å². The molecule has 2 unspecified atom stereocenters. The molecule has 90 valence electrons. The molecule has 0 aliphatic heterocycles. The molecule has 1 aromatic rings. The topological polar surface area (TPSA) is 40.5 Å². The molecule has 2 atom stereocenters. The number of hydrogen-bond acceptors (Lipinski definition) is 2. The summed E-state index contributed by atoms with van der Waals surface area (Å²) in [7, 11) is 0. The van der Waals surface area contributed by atoms with Crippen molar-refractivity contribution in [3.05, 3.63) is 35.1 Å². The zero-order chi connectivity index (χ0) is 12.5. The van der Waals surface area contributed by atoms with Crippen LogP contribution in [0.3, 0.4) is 0 Å². The molecular formula is C11H13F3O2. The van der Waals surface area contributed by atoms with Gasteiger partial charge in [-0.2, -0.15) is 0 Å². The van der Waals surface area contributed by atoms with Crippen LogP contribution >= 0.6 is 0 Å². The second-order valence-electron chi connectivity index (χ2n) is 3.94. The molecule has 0 saturated heterocycles. The van der Waals surface area contributed by atoms with Crippen LogP contribution in [0.15, 0.2) is 12.1 Å². The first-order valence-electron chi connectivity index (χ1n) is 4.85. The first kappa shape index (κ1) is 13.0. The fourth-order valence-electron chi connectivity index (χ4n) is 1.32. The van der Waals surface area contributed by atoms with Gasteiger partial charge in [-0.3, -0.25) is 0 Å². The highest BCUT2D eigenvalue weighted by atomic mass is 19.2. The lowest BCUT2D eigenvalue weighted by Crippen LogP contribution is -2.25. The summed E-state index contributed by atoms with van der Waals surface area (Å²) >= 11 is 0. The van der Waals surface area contributed by atoms with Gasteiger partial charge in [-0.05, 0) is 12.0 Å². The van der Waals surface area contributed by atoms with Crippen LogP contribution in [-0.4, -0.2) is 16.3 Å². The van der Waals surface area contributed by atoms with Crippen molar-refractivity contribution in [2.24, 2.45) is 5.92 Å². The number of aliphatic hydroxyl groups is 2. The molecule has 16 heavy (non-hydrogen) atoms. The largest absolute Gasteiger partial charge is 0.390 e. The van der Waals surface area contributed by atoms with Crippen LogP contribution in [0.4, 0.5) is 13.2 Å². The maximum Gasteiger partial charge on any atom is 0.194 e. The van der Waals surface area contributed by atoms with E-state index < -0.39 is 35.2 Å². The van der Waals surface area contributed by atoms with Gasteiger partial charge < -0.3 is 10.2 Å². The lowest BCUT2D eigenvalue weighted by molar-refractivity contribution is -0.0115. The third-order valence-corrected chi connectivity index (χ3v) is 2.39. The third-order valence-electron chi connectivity index (χ3n) is 2.39. The van der Waals surface area contributed by atoms with Crippen LogP contribution in [-0.2, 0) is 0 Å². The van der Waals surface area contributed by atoms with E-state index in [0.29, 0.717) is 6.07 Å². The summed E-state index contributed by atoms with van der Waals surface area (Å²) < 4.78 is 38.7. The Hall–Kier alpha value is -1.07. The number of hydrogen-bond donors (Lipinski definition) is 2. The quantitative estimate of drug-likeness (QED) is 0.787. The van der Waals surface area contributed by atoms with E-state index in [9.17, 15) is 23.4 Å². The maximum atomic E-state index is 13.3. The number of benzene rings is 1. The van der Waals surface area contributed by atoms with Gasteiger partial charge in [-0.1, -0.05) is 19.9 Å². The molecule has 0 aliphatic rings. The predicted molar refractivity (Wildman–Crippen MR) is 52.1 cm³/mol. The van der Waals surface area contributed by atoms with Crippen molar-refractivity contribution in [2.45, 2.75) is 26.1 Å². The second-order valence-corrected chi connectivity index (χ2v) is 3.94. The molecule has 0 spiro atoms. The van der Waals surface area contributed by atoms with E-state index in [4.69, 9.17) is 0 Å². The number of rotatable bonds is 3. The number of aliphatic hydroxyl groups excluding tert-OH is 2. The van der Waals surface area contributed by atoms with Gasteiger partial charge in [0.2, 0.25) is 0 Å². The molecule has 1 aromatic carbocycles. The van der Waals surface area contributed by atoms with Crippen molar-refractivity contribution >= 4 is 0 Å². The highest BCUT2D eigenvalue weighted by Gasteiger charge is 2.26. The zero-order valence-electron chi connectivity index (χ0n) is 8.92. The molecule has 1 rings (SSSR count). The lowest BCUT2D eigenvalue weighted by Gasteiger charge is -2.21. The van der Waals surface area contributed by atoms with Crippen molar-refractivity contribution in [3.63, 3.8) is 0 Å². The average Bonchev–Trinajstić information content (AvgIpc) is 2.24. The summed E-state index contributed by atoms with van der Waals surface area (Å²) in [6.45, 7) is 3.23. The molecule has 2 N–H and O–H groups in total. The Kier molecular flexibility index (Phi) is 3.93. The molecule has 0 fully saturated rings. The van der Waals surface area contributed by atoms with Gasteiger partial charge in [0.25, 0.3) is 0 Å². The van der Waals surface area contributed by atoms with Gasteiger partial charge >= 0.3 is 0 Å². The molecule has 0 bridgehead atoms. The summed E-state index contributed by atoms with van der Waals surface area (Å²) in [5, 5.41) is 19.1. The van der Waals surface area contributed by atoms with Gasteiger partial charge in [0, 0.05) is 5.56 Å². The second kappa shape index (κ2) is 4.84. The predicted octanol–water partition coefficient (Wildman–Crippen LogP) is 2.15. The van der Waals surface area contributed by atoms with Crippen LogP contribution in [0.5, 0.6) is 0 Å². The Balaban J connectivity index is 3.10. The molecule has 0 amide bonds. The molecule has 0 aromatic heterocycles. The maximum absolute atomic E-state index is 13.3. The summed E-state index contributed by atoms with van der Waals surface area (Å²) in [4.78, 5) is 0. The zero-order valence-corrected chi connectivity index (χ0v) is 8.92. The van der Waals surface area contributed by atoms with E-state index in [0.717, 1.165) is 6.07 Å². The Morgan fingerprint density at radius 3 is 2.06 bits per heavy atom. The summed E-state index contributed by atoms with van der Waals surface area (Å²) in [6.07, 6.45) is -2.81. The Bertz CT molecular complexity index is 380. The van der Waals surface area contributed by atoms with Crippen LogP contribution in [0.25, 0.3) is 0 Å². The highest BCUT2D eigenvalue weighted by Crippen LogP contribution is 2.26. The number of halogens is 3. The molecule has 0 aliphatic carbocycles. The fraction of sp³-hybridized carbons (Fsp3) is 0.455. The third kappa shape index (κ3) is 2.36.